The van der Waals surface area contributed by atoms with Crippen LogP contribution >= 0.6 is 0 Å². The van der Waals surface area contributed by atoms with E-state index in [0.717, 1.165) is 18.2 Å². The smallest absolute Gasteiger partial charge is 0.207 e. The van der Waals surface area contributed by atoms with E-state index in [1.807, 2.05) is 4.72 Å². The van der Waals surface area contributed by atoms with Crippen molar-refractivity contribution in [3.8, 4) is 0 Å². The zero-order chi connectivity index (χ0) is 17.4. The van der Waals surface area contributed by atoms with E-state index in [2.05, 4.69) is 0 Å². The molecule has 0 unspecified atom stereocenters. The van der Waals surface area contributed by atoms with Crippen LogP contribution in [-0.2, 0) is 10.0 Å². The van der Waals surface area contributed by atoms with Crippen LogP contribution in [0.25, 0.3) is 0 Å². The van der Waals surface area contributed by atoms with Gasteiger partial charge in [0.1, 0.15) is 4.90 Å². The van der Waals surface area contributed by atoms with E-state index in [9.17, 15) is 30.4 Å². The van der Waals surface area contributed by atoms with E-state index in [1.54, 1.807) is 0 Å². The molecule has 1 N–H and O–H groups in total. The van der Waals surface area contributed by atoms with Crippen LogP contribution in [0, 0.1) is 29.1 Å². The Bertz CT molecular complexity index is 854. The van der Waals surface area contributed by atoms with Crippen LogP contribution < -0.4 is 4.72 Å². The molecule has 2 aromatic carbocycles. The first-order chi connectivity index (χ1) is 10.6. The van der Waals surface area contributed by atoms with Gasteiger partial charge >= 0.3 is 0 Å². The molecule has 3 nitrogen and oxygen atoms in total. The quantitative estimate of drug-likeness (QED) is 0.678. The molecule has 0 heterocycles. The van der Waals surface area contributed by atoms with E-state index in [4.69, 9.17) is 0 Å². The van der Waals surface area contributed by atoms with Gasteiger partial charge in [-0.15, -0.1) is 0 Å². The van der Waals surface area contributed by atoms with Gasteiger partial charge in [-0.05, 0) is 36.8 Å². The number of rotatable bonds is 4. The summed E-state index contributed by atoms with van der Waals surface area (Å²) in [6.45, 7) is 1.29. The molecule has 0 bridgehead atoms. The van der Waals surface area contributed by atoms with Crippen molar-refractivity contribution in [1.29, 1.82) is 0 Å². The second kappa shape index (κ2) is 6.25. The van der Waals surface area contributed by atoms with Crippen LogP contribution in [0.1, 0.15) is 18.5 Å². The lowest BCUT2D eigenvalue weighted by atomic mass is 10.1. The number of hydrogen-bond donors (Lipinski definition) is 1. The summed E-state index contributed by atoms with van der Waals surface area (Å²) in [6.07, 6.45) is 0. The summed E-state index contributed by atoms with van der Waals surface area (Å²) in [7, 11) is -4.55. The third kappa shape index (κ3) is 3.50. The largest absolute Gasteiger partial charge is 0.244 e. The first-order valence-corrected chi connectivity index (χ1v) is 7.72. The Hall–Kier alpha value is -2.00. The number of halogens is 5. The van der Waals surface area contributed by atoms with Crippen LogP contribution in [0.15, 0.2) is 35.2 Å². The number of benzene rings is 2. The molecule has 124 valence electrons. The average molecular weight is 351 g/mol. The highest BCUT2D eigenvalue weighted by molar-refractivity contribution is 7.89. The summed E-state index contributed by atoms with van der Waals surface area (Å²) < 4.78 is 91.7. The fourth-order valence-electron chi connectivity index (χ4n) is 1.86. The minimum Gasteiger partial charge on any atom is -0.207 e. The second-order valence-corrected chi connectivity index (χ2v) is 6.37. The highest BCUT2D eigenvalue weighted by atomic mass is 32.2. The van der Waals surface area contributed by atoms with Crippen LogP contribution in [0.3, 0.4) is 0 Å². The standard InChI is InChI=1S/C14H10F5NO2S/c1-7(8-2-3-9(15)11(17)6-8)20-23(21,22)12-5-4-10(16)13(18)14(12)19/h2-7,20H,1H3/t7-/m0/s1. The molecule has 0 fully saturated rings. The van der Waals surface area contributed by atoms with E-state index in [1.165, 1.54) is 6.92 Å². The zero-order valence-electron chi connectivity index (χ0n) is 11.6. The highest BCUT2D eigenvalue weighted by Gasteiger charge is 2.26. The maximum atomic E-state index is 13.6. The van der Waals surface area contributed by atoms with Gasteiger partial charge in [0.2, 0.25) is 10.0 Å². The first kappa shape index (κ1) is 17.4. The molecule has 1 atom stereocenters. The summed E-state index contributed by atoms with van der Waals surface area (Å²) in [5, 5.41) is 0. The molecule has 0 radical (unpaired) electrons. The second-order valence-electron chi connectivity index (χ2n) is 4.69. The molecular formula is C14H10F5NO2S. The van der Waals surface area contributed by atoms with Crippen LogP contribution in [0.4, 0.5) is 22.0 Å². The molecule has 0 aliphatic heterocycles. The van der Waals surface area contributed by atoms with Crippen molar-refractivity contribution in [1.82, 2.24) is 4.72 Å². The van der Waals surface area contributed by atoms with Crippen molar-refractivity contribution >= 4 is 10.0 Å². The molecule has 0 spiro atoms. The predicted molar refractivity (Wildman–Crippen MR) is 71.4 cm³/mol. The maximum absolute atomic E-state index is 13.6. The van der Waals surface area contributed by atoms with E-state index >= 15 is 0 Å². The van der Waals surface area contributed by atoms with Gasteiger partial charge in [-0.1, -0.05) is 6.07 Å². The number of sulfonamides is 1. The normalized spacial score (nSPS) is 13.1. The van der Waals surface area contributed by atoms with E-state index in [-0.39, 0.29) is 5.56 Å². The van der Waals surface area contributed by atoms with Gasteiger partial charge in [-0.25, -0.2) is 35.1 Å². The van der Waals surface area contributed by atoms with Gasteiger partial charge in [0.05, 0.1) is 0 Å². The Kier molecular flexibility index (Phi) is 4.71. The third-order valence-corrected chi connectivity index (χ3v) is 4.62. The van der Waals surface area contributed by atoms with Crippen LogP contribution in [0.2, 0.25) is 0 Å². The van der Waals surface area contributed by atoms with Crippen molar-refractivity contribution < 1.29 is 30.4 Å². The zero-order valence-corrected chi connectivity index (χ0v) is 12.4. The lowest BCUT2D eigenvalue weighted by molar-refractivity contribution is 0.431. The topological polar surface area (TPSA) is 46.2 Å². The molecular weight excluding hydrogens is 341 g/mol. The van der Waals surface area contributed by atoms with Crippen molar-refractivity contribution in [3.63, 3.8) is 0 Å². The average Bonchev–Trinajstić information content (AvgIpc) is 2.46. The molecule has 0 aliphatic carbocycles. The molecule has 0 aromatic heterocycles. The van der Waals surface area contributed by atoms with Crippen LogP contribution in [0.5, 0.6) is 0 Å². The Labute approximate surface area is 128 Å². The molecule has 0 saturated carbocycles. The number of nitrogens with one attached hydrogen (secondary N) is 1. The molecule has 23 heavy (non-hydrogen) atoms. The summed E-state index contributed by atoms with van der Waals surface area (Å²) >= 11 is 0. The van der Waals surface area contributed by atoms with Gasteiger partial charge in [-0.3, -0.25) is 0 Å². The third-order valence-electron chi connectivity index (χ3n) is 3.06. The Morgan fingerprint density at radius 1 is 0.870 bits per heavy atom. The highest BCUT2D eigenvalue weighted by Crippen LogP contribution is 2.23. The summed E-state index contributed by atoms with van der Waals surface area (Å²) in [4.78, 5) is -1.09. The van der Waals surface area contributed by atoms with E-state index in [0.29, 0.717) is 12.1 Å². The van der Waals surface area contributed by atoms with E-state index < -0.39 is 50.0 Å². The minimum absolute atomic E-state index is 0.0652. The first-order valence-electron chi connectivity index (χ1n) is 6.24. The molecule has 9 heteroatoms. The lowest BCUT2D eigenvalue weighted by Gasteiger charge is -2.15. The van der Waals surface area contributed by atoms with Crippen molar-refractivity contribution in [2.45, 2.75) is 17.9 Å². The molecule has 2 aromatic rings. The number of hydrogen-bond acceptors (Lipinski definition) is 2. The van der Waals surface area contributed by atoms with Crippen molar-refractivity contribution in [3.05, 3.63) is 65.0 Å². The monoisotopic (exact) mass is 351 g/mol. The van der Waals surface area contributed by atoms with Gasteiger partial charge in [-0.2, -0.15) is 0 Å². The summed E-state index contributed by atoms with van der Waals surface area (Å²) in [5.41, 5.74) is 0.0652. The molecule has 0 saturated heterocycles. The predicted octanol–water partition coefficient (Wildman–Crippen LogP) is 3.42. The Morgan fingerprint density at radius 2 is 1.48 bits per heavy atom. The van der Waals surface area contributed by atoms with Gasteiger partial charge in [0, 0.05) is 6.04 Å². The van der Waals surface area contributed by atoms with Crippen molar-refractivity contribution in [2.24, 2.45) is 0 Å². The molecule has 0 aliphatic rings. The Morgan fingerprint density at radius 3 is 2.09 bits per heavy atom. The van der Waals surface area contributed by atoms with Gasteiger partial charge in [0.15, 0.2) is 29.1 Å². The molecule has 2 rings (SSSR count). The fourth-order valence-corrected chi connectivity index (χ4v) is 3.16. The molecule has 0 amide bonds. The van der Waals surface area contributed by atoms with Gasteiger partial charge < -0.3 is 0 Å². The summed E-state index contributed by atoms with van der Waals surface area (Å²) in [5.74, 6) is -7.62. The van der Waals surface area contributed by atoms with Crippen molar-refractivity contribution in [2.75, 3.05) is 0 Å². The Balaban J connectivity index is 2.34. The lowest BCUT2D eigenvalue weighted by Crippen LogP contribution is -2.28. The minimum atomic E-state index is -4.55. The van der Waals surface area contributed by atoms with Crippen LogP contribution in [-0.4, -0.2) is 8.42 Å². The van der Waals surface area contributed by atoms with Gasteiger partial charge in [0.25, 0.3) is 0 Å². The SMILES string of the molecule is C[C@H](NS(=O)(=O)c1ccc(F)c(F)c1F)c1ccc(F)c(F)c1. The fraction of sp³-hybridized carbons (Fsp3) is 0.143. The summed E-state index contributed by atoms with van der Waals surface area (Å²) in [6, 6.07) is 2.66. The maximum Gasteiger partial charge on any atom is 0.244 e.